The van der Waals surface area contributed by atoms with Gasteiger partial charge in [0.05, 0.1) is 12.8 Å². The van der Waals surface area contributed by atoms with Crippen molar-refractivity contribution in [3.05, 3.63) is 35.2 Å². The Bertz CT molecular complexity index is 574. The van der Waals surface area contributed by atoms with Crippen LogP contribution in [0.1, 0.15) is 17.0 Å². The zero-order valence-electron chi connectivity index (χ0n) is 11.1. The normalized spacial score (nSPS) is 10.4. The maximum Gasteiger partial charge on any atom is 0.128 e. The van der Waals surface area contributed by atoms with Gasteiger partial charge < -0.3 is 10.5 Å². The van der Waals surface area contributed by atoms with E-state index < -0.39 is 0 Å². The molecular formula is C14H17N3O. The number of nitrogens with zero attached hydrogens (tertiary/aromatic N) is 2. The Morgan fingerprint density at radius 3 is 2.33 bits per heavy atom. The number of nitrogens with two attached hydrogens (primary N) is 1. The summed E-state index contributed by atoms with van der Waals surface area (Å²) >= 11 is 0. The Hall–Kier alpha value is -2.10. The number of hydrogen-bond acceptors (Lipinski definition) is 4. The van der Waals surface area contributed by atoms with Crippen molar-refractivity contribution in [2.45, 2.75) is 20.8 Å². The average Bonchev–Trinajstić information content (AvgIpc) is 2.30. The van der Waals surface area contributed by atoms with Gasteiger partial charge in [-0.1, -0.05) is 0 Å². The lowest BCUT2D eigenvalue weighted by Gasteiger charge is -2.11. The molecule has 1 heterocycles. The Morgan fingerprint density at radius 1 is 1.00 bits per heavy atom. The molecule has 4 nitrogen and oxygen atoms in total. The minimum absolute atomic E-state index is 0.491. The number of aromatic nitrogens is 2. The third-order valence-electron chi connectivity index (χ3n) is 2.88. The molecule has 0 aliphatic carbocycles. The Balaban J connectivity index is 2.60. The lowest BCUT2D eigenvalue weighted by molar-refractivity contribution is 0.411. The van der Waals surface area contributed by atoms with Crippen molar-refractivity contribution in [3.8, 4) is 17.0 Å². The molecule has 2 rings (SSSR count). The number of aryl methyl sites for hydroxylation is 3. The van der Waals surface area contributed by atoms with Crippen LogP contribution in [-0.2, 0) is 0 Å². The summed E-state index contributed by atoms with van der Waals surface area (Å²) in [7, 11) is 1.67. The van der Waals surface area contributed by atoms with Gasteiger partial charge in [-0.2, -0.15) is 0 Å². The first kappa shape index (κ1) is 12.4. The van der Waals surface area contributed by atoms with Gasteiger partial charge >= 0.3 is 0 Å². The fourth-order valence-electron chi connectivity index (χ4n) is 2.01. The fourth-order valence-corrected chi connectivity index (χ4v) is 2.01. The molecule has 4 heteroatoms. The highest BCUT2D eigenvalue weighted by Crippen LogP contribution is 2.29. The lowest BCUT2D eigenvalue weighted by Crippen LogP contribution is -1.99. The number of nitrogen functional groups attached to an aromatic ring is 1. The van der Waals surface area contributed by atoms with E-state index in [9.17, 15) is 0 Å². The van der Waals surface area contributed by atoms with E-state index in [-0.39, 0.29) is 0 Å². The second-order valence-corrected chi connectivity index (χ2v) is 4.36. The smallest absolute Gasteiger partial charge is 0.128 e. The van der Waals surface area contributed by atoms with Gasteiger partial charge in [0, 0.05) is 11.6 Å². The zero-order chi connectivity index (χ0) is 13.3. The second-order valence-electron chi connectivity index (χ2n) is 4.36. The number of benzene rings is 1. The van der Waals surface area contributed by atoms with Gasteiger partial charge in [0.25, 0.3) is 0 Å². The van der Waals surface area contributed by atoms with Crippen molar-refractivity contribution in [3.63, 3.8) is 0 Å². The van der Waals surface area contributed by atoms with Gasteiger partial charge in [-0.3, -0.25) is 0 Å². The Labute approximate surface area is 107 Å². The van der Waals surface area contributed by atoms with E-state index in [1.54, 1.807) is 13.2 Å². The van der Waals surface area contributed by atoms with E-state index in [2.05, 4.69) is 16.0 Å². The van der Waals surface area contributed by atoms with Crippen LogP contribution < -0.4 is 10.5 Å². The first-order chi connectivity index (χ1) is 8.51. The average molecular weight is 243 g/mol. The first-order valence-corrected chi connectivity index (χ1v) is 5.78. The highest BCUT2D eigenvalue weighted by molar-refractivity contribution is 5.68. The summed E-state index contributed by atoms with van der Waals surface area (Å²) < 4.78 is 5.31. The van der Waals surface area contributed by atoms with Gasteiger partial charge in [0.15, 0.2) is 0 Å². The SMILES string of the molecule is COc1cc(C)c(-c2cc(N)nc(C)n2)cc1C. The maximum absolute atomic E-state index is 5.77. The molecule has 0 radical (unpaired) electrons. The molecule has 2 aromatic rings. The molecule has 94 valence electrons. The fraction of sp³-hybridized carbons (Fsp3) is 0.286. The van der Waals surface area contributed by atoms with Crippen molar-refractivity contribution >= 4 is 5.82 Å². The van der Waals surface area contributed by atoms with Crippen LogP contribution in [-0.4, -0.2) is 17.1 Å². The van der Waals surface area contributed by atoms with E-state index in [1.807, 2.05) is 26.8 Å². The van der Waals surface area contributed by atoms with Crippen molar-refractivity contribution < 1.29 is 4.74 Å². The molecule has 0 aliphatic heterocycles. The Morgan fingerprint density at radius 2 is 1.72 bits per heavy atom. The number of hydrogen-bond donors (Lipinski definition) is 1. The molecule has 2 N–H and O–H groups in total. The minimum Gasteiger partial charge on any atom is -0.496 e. The molecule has 0 aliphatic rings. The van der Waals surface area contributed by atoms with Crippen molar-refractivity contribution in [2.75, 3.05) is 12.8 Å². The number of rotatable bonds is 2. The van der Waals surface area contributed by atoms with Gasteiger partial charge in [-0.05, 0) is 44.0 Å². The topological polar surface area (TPSA) is 61.0 Å². The molecule has 0 atom stereocenters. The molecule has 18 heavy (non-hydrogen) atoms. The third kappa shape index (κ3) is 2.27. The summed E-state index contributed by atoms with van der Waals surface area (Å²) in [6, 6.07) is 5.87. The van der Waals surface area contributed by atoms with Crippen LogP contribution in [0.5, 0.6) is 5.75 Å². The van der Waals surface area contributed by atoms with E-state index in [1.165, 1.54) is 0 Å². The van der Waals surface area contributed by atoms with Crippen LogP contribution in [0, 0.1) is 20.8 Å². The van der Waals surface area contributed by atoms with Crippen molar-refractivity contribution in [1.82, 2.24) is 9.97 Å². The van der Waals surface area contributed by atoms with Crippen LogP contribution in [0.4, 0.5) is 5.82 Å². The summed E-state index contributed by atoms with van der Waals surface area (Å²) in [5.74, 6) is 2.05. The predicted molar refractivity (Wildman–Crippen MR) is 72.6 cm³/mol. The van der Waals surface area contributed by atoms with Gasteiger partial charge in [0.1, 0.15) is 17.4 Å². The van der Waals surface area contributed by atoms with Crippen molar-refractivity contribution in [2.24, 2.45) is 0 Å². The number of methoxy groups -OCH3 is 1. The van der Waals surface area contributed by atoms with Crippen LogP contribution in [0.3, 0.4) is 0 Å². The second kappa shape index (κ2) is 4.64. The quantitative estimate of drug-likeness (QED) is 0.880. The van der Waals surface area contributed by atoms with E-state index in [4.69, 9.17) is 10.5 Å². The summed E-state index contributed by atoms with van der Waals surface area (Å²) in [4.78, 5) is 8.52. The highest BCUT2D eigenvalue weighted by atomic mass is 16.5. The molecule has 0 amide bonds. The molecule has 0 bridgehead atoms. The molecule has 1 aromatic carbocycles. The van der Waals surface area contributed by atoms with Crippen LogP contribution >= 0.6 is 0 Å². The van der Waals surface area contributed by atoms with Crippen molar-refractivity contribution in [1.29, 1.82) is 0 Å². The summed E-state index contributed by atoms with van der Waals surface area (Å²) in [6.07, 6.45) is 0. The van der Waals surface area contributed by atoms with Crippen LogP contribution in [0.25, 0.3) is 11.3 Å². The lowest BCUT2D eigenvalue weighted by atomic mass is 10.0. The predicted octanol–water partition coefficient (Wildman–Crippen LogP) is 2.66. The molecule has 0 spiro atoms. The van der Waals surface area contributed by atoms with E-state index in [0.29, 0.717) is 11.6 Å². The number of ether oxygens (including phenoxy) is 1. The maximum atomic E-state index is 5.77. The summed E-state index contributed by atoms with van der Waals surface area (Å²) in [5.41, 5.74) is 9.86. The van der Waals surface area contributed by atoms with Crippen LogP contribution in [0.2, 0.25) is 0 Å². The highest BCUT2D eigenvalue weighted by Gasteiger charge is 2.09. The van der Waals surface area contributed by atoms with E-state index in [0.717, 1.165) is 28.1 Å². The zero-order valence-corrected chi connectivity index (χ0v) is 11.1. The molecule has 0 unspecified atom stereocenters. The van der Waals surface area contributed by atoms with Crippen LogP contribution in [0.15, 0.2) is 18.2 Å². The van der Waals surface area contributed by atoms with Gasteiger partial charge in [-0.25, -0.2) is 9.97 Å². The number of anilines is 1. The molecule has 0 saturated carbocycles. The first-order valence-electron chi connectivity index (χ1n) is 5.78. The summed E-state index contributed by atoms with van der Waals surface area (Å²) in [5, 5.41) is 0. The minimum atomic E-state index is 0.491. The molecule has 1 aromatic heterocycles. The standard InChI is InChI=1S/C14H17N3O/c1-8-6-13(18-4)9(2)5-11(8)12-7-14(15)17-10(3)16-12/h5-7H,1-4H3,(H2,15,16,17). The summed E-state index contributed by atoms with van der Waals surface area (Å²) in [6.45, 7) is 5.88. The molecular weight excluding hydrogens is 226 g/mol. The molecule has 0 fully saturated rings. The monoisotopic (exact) mass is 243 g/mol. The van der Waals surface area contributed by atoms with E-state index >= 15 is 0 Å². The largest absolute Gasteiger partial charge is 0.496 e. The molecule has 0 saturated heterocycles. The third-order valence-corrected chi connectivity index (χ3v) is 2.88. The Kier molecular flexibility index (Phi) is 3.19. The van der Waals surface area contributed by atoms with Gasteiger partial charge in [-0.15, -0.1) is 0 Å². The van der Waals surface area contributed by atoms with Gasteiger partial charge in [0.2, 0.25) is 0 Å².